The van der Waals surface area contributed by atoms with Crippen molar-refractivity contribution in [3.63, 3.8) is 0 Å². The molecule has 0 amide bonds. The first-order valence-electron chi connectivity index (χ1n) is 7.75. The zero-order chi connectivity index (χ0) is 15.5. The largest absolute Gasteiger partial charge is 0.308 e. The zero-order valence-electron chi connectivity index (χ0n) is 13.9. The van der Waals surface area contributed by atoms with Gasteiger partial charge in [0.1, 0.15) is 0 Å². The van der Waals surface area contributed by atoms with Crippen molar-refractivity contribution in [3.8, 4) is 0 Å². The molecule has 0 radical (unpaired) electrons. The first-order valence-corrected chi connectivity index (χ1v) is 8.56. The number of rotatable bonds is 5. The molecule has 0 fully saturated rings. The first-order chi connectivity index (χ1) is 9.86. The number of hydrogen-bond donors (Lipinski definition) is 1. The van der Waals surface area contributed by atoms with Crippen molar-refractivity contribution < 1.29 is 0 Å². The number of nitrogens with one attached hydrogen (secondary N) is 1. The van der Waals surface area contributed by atoms with Gasteiger partial charge in [-0.05, 0) is 34.6 Å². The maximum atomic E-state index is 3.54. The molecule has 2 heteroatoms. The Kier molecular flexibility index (Phi) is 5.23. The standard InChI is InChI=1S/C19H27NS/c1-14(2)16-8-6-15(7-9-16)12-20-13-17-10-11-18(21-17)19(3,4)5/h6-11,14,20H,12-13H2,1-5H3. The minimum atomic E-state index is 0.260. The van der Waals surface area contributed by atoms with Gasteiger partial charge < -0.3 is 5.32 Å². The Morgan fingerprint density at radius 2 is 1.62 bits per heavy atom. The van der Waals surface area contributed by atoms with Gasteiger partial charge in [-0.15, -0.1) is 11.3 Å². The van der Waals surface area contributed by atoms with Gasteiger partial charge in [0.15, 0.2) is 0 Å². The fraction of sp³-hybridized carbons (Fsp3) is 0.474. The Labute approximate surface area is 133 Å². The molecular formula is C19H27NS. The first kappa shape index (κ1) is 16.3. The molecule has 0 aliphatic heterocycles. The average Bonchev–Trinajstić information content (AvgIpc) is 2.88. The summed E-state index contributed by atoms with van der Waals surface area (Å²) in [5.41, 5.74) is 3.02. The quantitative estimate of drug-likeness (QED) is 0.773. The third-order valence-electron chi connectivity index (χ3n) is 3.68. The topological polar surface area (TPSA) is 12.0 Å². The molecule has 2 aromatic rings. The van der Waals surface area contributed by atoms with E-state index in [1.165, 1.54) is 20.9 Å². The van der Waals surface area contributed by atoms with Gasteiger partial charge in [-0.1, -0.05) is 58.9 Å². The normalized spacial score (nSPS) is 12.1. The van der Waals surface area contributed by atoms with Crippen molar-refractivity contribution in [2.45, 2.75) is 59.0 Å². The third-order valence-corrected chi connectivity index (χ3v) is 5.19. The van der Waals surface area contributed by atoms with E-state index in [1.54, 1.807) is 0 Å². The molecule has 2 rings (SSSR count). The summed E-state index contributed by atoms with van der Waals surface area (Å²) >= 11 is 1.92. The van der Waals surface area contributed by atoms with Gasteiger partial charge in [0.05, 0.1) is 0 Å². The lowest BCUT2D eigenvalue weighted by atomic mass is 9.95. The van der Waals surface area contributed by atoms with E-state index < -0.39 is 0 Å². The molecule has 1 N–H and O–H groups in total. The zero-order valence-corrected chi connectivity index (χ0v) is 14.7. The summed E-state index contributed by atoms with van der Waals surface area (Å²) in [4.78, 5) is 2.87. The van der Waals surface area contributed by atoms with Crippen LogP contribution in [0.25, 0.3) is 0 Å². The molecule has 21 heavy (non-hydrogen) atoms. The van der Waals surface area contributed by atoms with Gasteiger partial charge in [0, 0.05) is 22.8 Å². The van der Waals surface area contributed by atoms with E-state index in [1.807, 2.05) is 11.3 Å². The van der Waals surface area contributed by atoms with Crippen LogP contribution in [0.15, 0.2) is 36.4 Å². The molecule has 114 valence electrons. The Balaban J connectivity index is 1.85. The summed E-state index contributed by atoms with van der Waals surface area (Å²) in [5, 5.41) is 3.54. The molecule has 0 saturated heterocycles. The van der Waals surface area contributed by atoms with Crippen LogP contribution in [-0.4, -0.2) is 0 Å². The van der Waals surface area contributed by atoms with Gasteiger partial charge in [-0.25, -0.2) is 0 Å². The van der Waals surface area contributed by atoms with E-state index in [0.717, 1.165) is 13.1 Å². The number of hydrogen-bond acceptors (Lipinski definition) is 2. The predicted molar refractivity (Wildman–Crippen MR) is 94.1 cm³/mol. The van der Waals surface area contributed by atoms with Crippen LogP contribution in [0.2, 0.25) is 0 Å². The molecular weight excluding hydrogens is 274 g/mol. The molecule has 1 nitrogen and oxygen atoms in total. The monoisotopic (exact) mass is 301 g/mol. The molecule has 0 spiro atoms. The van der Waals surface area contributed by atoms with Crippen LogP contribution in [0.1, 0.15) is 61.4 Å². The van der Waals surface area contributed by atoms with Gasteiger partial charge in [0.25, 0.3) is 0 Å². The second kappa shape index (κ2) is 6.76. The van der Waals surface area contributed by atoms with E-state index in [4.69, 9.17) is 0 Å². The summed E-state index contributed by atoms with van der Waals surface area (Å²) in [7, 11) is 0. The summed E-state index contributed by atoms with van der Waals surface area (Å²) < 4.78 is 0. The van der Waals surface area contributed by atoms with E-state index in [-0.39, 0.29) is 5.41 Å². The summed E-state index contributed by atoms with van der Waals surface area (Å²) in [6.07, 6.45) is 0. The Bertz CT molecular complexity index is 558. The van der Waals surface area contributed by atoms with Gasteiger partial charge in [-0.3, -0.25) is 0 Å². The lowest BCUT2D eigenvalue weighted by Gasteiger charge is -2.15. The minimum absolute atomic E-state index is 0.260. The molecule has 1 heterocycles. The Morgan fingerprint density at radius 1 is 0.952 bits per heavy atom. The van der Waals surface area contributed by atoms with Gasteiger partial charge in [-0.2, -0.15) is 0 Å². The van der Waals surface area contributed by atoms with E-state index in [0.29, 0.717) is 5.92 Å². The smallest absolute Gasteiger partial charge is 0.0303 e. The average molecular weight is 301 g/mol. The lowest BCUT2D eigenvalue weighted by molar-refractivity contribution is 0.604. The number of thiophene rings is 1. The second-order valence-corrected chi connectivity index (χ2v) is 8.18. The number of benzene rings is 1. The maximum absolute atomic E-state index is 3.54. The predicted octanol–water partition coefficient (Wildman–Crippen LogP) is 5.46. The highest BCUT2D eigenvalue weighted by Gasteiger charge is 2.15. The molecule has 0 aliphatic carbocycles. The summed E-state index contributed by atoms with van der Waals surface area (Å²) in [6, 6.07) is 13.5. The minimum Gasteiger partial charge on any atom is -0.308 e. The highest BCUT2D eigenvalue weighted by Crippen LogP contribution is 2.29. The van der Waals surface area contributed by atoms with Crippen molar-refractivity contribution in [3.05, 3.63) is 57.3 Å². The SMILES string of the molecule is CC(C)c1ccc(CNCc2ccc(C(C)(C)C)s2)cc1. The van der Waals surface area contributed by atoms with Crippen molar-refractivity contribution >= 4 is 11.3 Å². The van der Waals surface area contributed by atoms with Crippen molar-refractivity contribution in [2.24, 2.45) is 0 Å². The summed E-state index contributed by atoms with van der Waals surface area (Å²) in [6.45, 7) is 13.2. The Morgan fingerprint density at radius 3 is 2.14 bits per heavy atom. The fourth-order valence-corrected chi connectivity index (χ4v) is 3.26. The van der Waals surface area contributed by atoms with Crippen LogP contribution in [0, 0.1) is 0 Å². The van der Waals surface area contributed by atoms with Crippen LogP contribution in [0.3, 0.4) is 0 Å². The van der Waals surface area contributed by atoms with E-state index in [2.05, 4.69) is 76.3 Å². The Hall–Kier alpha value is -1.12. The molecule has 0 unspecified atom stereocenters. The van der Waals surface area contributed by atoms with E-state index >= 15 is 0 Å². The lowest BCUT2D eigenvalue weighted by Crippen LogP contribution is -2.12. The van der Waals surface area contributed by atoms with Crippen molar-refractivity contribution in [1.29, 1.82) is 0 Å². The van der Waals surface area contributed by atoms with Crippen molar-refractivity contribution in [1.82, 2.24) is 5.32 Å². The molecule has 0 bridgehead atoms. The highest BCUT2D eigenvalue weighted by molar-refractivity contribution is 7.12. The van der Waals surface area contributed by atoms with Crippen LogP contribution < -0.4 is 5.32 Å². The molecule has 0 atom stereocenters. The second-order valence-electron chi connectivity index (χ2n) is 7.02. The fourth-order valence-electron chi connectivity index (χ4n) is 2.23. The third kappa shape index (κ3) is 4.69. The maximum Gasteiger partial charge on any atom is 0.0303 e. The molecule has 1 aromatic carbocycles. The van der Waals surface area contributed by atoms with Crippen molar-refractivity contribution in [2.75, 3.05) is 0 Å². The van der Waals surface area contributed by atoms with Crippen LogP contribution >= 0.6 is 11.3 Å². The van der Waals surface area contributed by atoms with Crippen LogP contribution in [-0.2, 0) is 18.5 Å². The molecule has 0 aliphatic rings. The molecule has 0 saturated carbocycles. The highest BCUT2D eigenvalue weighted by atomic mass is 32.1. The van der Waals surface area contributed by atoms with Crippen LogP contribution in [0.5, 0.6) is 0 Å². The van der Waals surface area contributed by atoms with Gasteiger partial charge >= 0.3 is 0 Å². The summed E-state index contributed by atoms with van der Waals surface area (Å²) in [5.74, 6) is 0.606. The molecule has 1 aromatic heterocycles. The van der Waals surface area contributed by atoms with Crippen LogP contribution in [0.4, 0.5) is 0 Å². The van der Waals surface area contributed by atoms with Gasteiger partial charge in [0.2, 0.25) is 0 Å². The van der Waals surface area contributed by atoms with E-state index in [9.17, 15) is 0 Å².